The van der Waals surface area contributed by atoms with Crippen molar-refractivity contribution in [2.45, 2.75) is 84.2 Å². The van der Waals surface area contributed by atoms with Crippen molar-refractivity contribution in [1.82, 2.24) is 0 Å². The van der Waals surface area contributed by atoms with Gasteiger partial charge in [0.1, 0.15) is 0 Å². The summed E-state index contributed by atoms with van der Waals surface area (Å²) in [7, 11) is 0. The number of nitrogens with zero attached hydrogens (tertiary/aromatic N) is 1. The van der Waals surface area contributed by atoms with Crippen molar-refractivity contribution < 1.29 is 41.7 Å². The lowest BCUT2D eigenvalue weighted by atomic mass is 9.85. The van der Waals surface area contributed by atoms with Gasteiger partial charge >= 0.3 is 12.4 Å². The molecule has 0 spiro atoms. The molecule has 0 heterocycles. The van der Waals surface area contributed by atoms with Crippen LogP contribution in [-0.2, 0) is 38.2 Å². The summed E-state index contributed by atoms with van der Waals surface area (Å²) >= 11 is 0. The van der Waals surface area contributed by atoms with E-state index < -0.39 is 23.5 Å². The zero-order valence-corrected chi connectivity index (χ0v) is 23.9. The molecule has 4 nitrogen and oxygen atoms in total. The summed E-state index contributed by atoms with van der Waals surface area (Å²) in [6, 6.07) is 14.0. The van der Waals surface area contributed by atoms with E-state index in [0.29, 0.717) is 54.3 Å². The van der Waals surface area contributed by atoms with Crippen LogP contribution in [0.15, 0.2) is 54.6 Å². The molecule has 0 amide bonds. The van der Waals surface area contributed by atoms with Crippen molar-refractivity contribution in [3.63, 3.8) is 0 Å². The van der Waals surface area contributed by atoms with Crippen molar-refractivity contribution in [1.29, 1.82) is 0 Å². The number of benzene rings is 3. The number of anilines is 1. The Kier molecular flexibility index (Phi) is 10.7. The molecule has 0 aliphatic rings. The molecule has 0 saturated carbocycles. The third-order valence-corrected chi connectivity index (χ3v) is 7.47. The largest absolute Gasteiger partial charge is 0.430 e. The van der Waals surface area contributed by atoms with E-state index in [1.807, 2.05) is 44.2 Å². The van der Waals surface area contributed by atoms with Gasteiger partial charge in [-0.25, -0.2) is 0 Å². The monoisotopic (exact) mass is 597 g/mol. The van der Waals surface area contributed by atoms with E-state index in [-0.39, 0.29) is 25.2 Å². The van der Waals surface area contributed by atoms with Crippen molar-refractivity contribution in [2.24, 2.45) is 0 Å². The highest BCUT2D eigenvalue weighted by Gasteiger charge is 2.71. The van der Waals surface area contributed by atoms with E-state index in [9.17, 15) is 41.7 Å². The van der Waals surface area contributed by atoms with Gasteiger partial charge < -0.3 is 20.2 Å². The van der Waals surface area contributed by atoms with Crippen LogP contribution in [0.3, 0.4) is 0 Å². The highest BCUT2D eigenvalue weighted by molar-refractivity contribution is 5.75. The van der Waals surface area contributed by atoms with Gasteiger partial charge in [-0.1, -0.05) is 69.7 Å². The van der Waals surface area contributed by atoms with Crippen LogP contribution in [0.5, 0.6) is 0 Å². The number of alkyl halides is 6. The average Bonchev–Trinajstić information content (AvgIpc) is 2.95. The van der Waals surface area contributed by atoms with E-state index >= 15 is 0 Å². The van der Waals surface area contributed by atoms with Gasteiger partial charge in [0.2, 0.25) is 0 Å². The highest BCUT2D eigenvalue weighted by Crippen LogP contribution is 2.50. The number of hydrogen-bond acceptors (Lipinski definition) is 4. The zero-order valence-electron chi connectivity index (χ0n) is 23.9. The summed E-state index contributed by atoms with van der Waals surface area (Å²) in [5.41, 5.74) is -0.925. The smallest absolute Gasteiger partial charge is 0.392 e. The van der Waals surface area contributed by atoms with Crippen LogP contribution in [0, 0.1) is 0 Å². The minimum Gasteiger partial charge on any atom is -0.392 e. The van der Waals surface area contributed by atoms with Crippen LogP contribution in [0.25, 0.3) is 11.1 Å². The van der Waals surface area contributed by atoms with E-state index in [2.05, 4.69) is 4.90 Å². The maximum absolute atomic E-state index is 13.6. The first-order valence-corrected chi connectivity index (χ1v) is 13.9. The SMILES string of the molecule is CCCc1cc(C(O)(C(F)(F)F)C(F)(F)F)ccc1-c1cc(N(CCC)Cc2ccc(CO)c(CO)c2)ccc1CC. The summed E-state index contributed by atoms with van der Waals surface area (Å²) < 4.78 is 81.8. The first kappa shape index (κ1) is 33.4. The molecular weight excluding hydrogens is 560 g/mol. The van der Waals surface area contributed by atoms with Crippen molar-refractivity contribution >= 4 is 5.69 Å². The van der Waals surface area contributed by atoms with Gasteiger partial charge in [-0.15, -0.1) is 0 Å². The van der Waals surface area contributed by atoms with Crippen LogP contribution < -0.4 is 4.90 Å². The summed E-state index contributed by atoms with van der Waals surface area (Å²) in [4.78, 5) is 2.11. The van der Waals surface area contributed by atoms with Gasteiger partial charge in [0.25, 0.3) is 5.60 Å². The second-order valence-corrected chi connectivity index (χ2v) is 10.4. The summed E-state index contributed by atoms with van der Waals surface area (Å²) in [6.45, 7) is 6.43. The lowest BCUT2D eigenvalue weighted by Gasteiger charge is -2.33. The van der Waals surface area contributed by atoms with Crippen LogP contribution in [0.2, 0.25) is 0 Å². The predicted molar refractivity (Wildman–Crippen MR) is 151 cm³/mol. The number of aliphatic hydroxyl groups excluding tert-OH is 2. The molecule has 0 aliphatic carbocycles. The number of rotatable bonds is 12. The summed E-state index contributed by atoms with van der Waals surface area (Å²) in [5.74, 6) is 0. The first-order chi connectivity index (χ1) is 19.7. The summed E-state index contributed by atoms with van der Waals surface area (Å²) in [6.07, 6.45) is -9.87. The van der Waals surface area contributed by atoms with Gasteiger partial charge in [0.05, 0.1) is 13.2 Å². The molecule has 0 aromatic heterocycles. The molecule has 42 heavy (non-hydrogen) atoms. The maximum atomic E-state index is 13.6. The van der Waals surface area contributed by atoms with E-state index in [0.717, 1.165) is 29.3 Å². The van der Waals surface area contributed by atoms with Crippen LogP contribution >= 0.6 is 0 Å². The Morgan fingerprint density at radius 2 is 1.31 bits per heavy atom. The fourth-order valence-corrected chi connectivity index (χ4v) is 5.23. The van der Waals surface area contributed by atoms with E-state index in [1.54, 1.807) is 13.0 Å². The van der Waals surface area contributed by atoms with Crippen molar-refractivity contribution in [3.05, 3.63) is 88.0 Å². The molecule has 0 unspecified atom stereocenters. The number of halogens is 6. The molecule has 3 N–H and O–H groups in total. The Labute approximate surface area is 242 Å². The number of hydrogen-bond donors (Lipinski definition) is 3. The minimum atomic E-state index is -5.96. The third kappa shape index (κ3) is 6.76. The standard InChI is InChI=1S/C32H37F6NO3/c1-4-7-23-16-26(30(42,31(33,34)35)32(36,37)38)11-13-28(23)29-17-27(12-10-22(29)6-3)39(14-5-2)18-21-8-9-24(19-40)25(15-21)20-41/h8-13,15-17,40-42H,4-7,14,18-20H2,1-3H3. The van der Waals surface area contributed by atoms with E-state index in [1.165, 1.54) is 6.07 Å². The first-order valence-electron chi connectivity index (χ1n) is 13.9. The Morgan fingerprint density at radius 3 is 1.86 bits per heavy atom. The molecule has 0 atom stereocenters. The molecule has 0 saturated heterocycles. The molecule has 0 radical (unpaired) electrons. The van der Waals surface area contributed by atoms with Crippen LogP contribution in [0.1, 0.15) is 67.0 Å². The Bertz CT molecular complexity index is 1340. The molecule has 3 rings (SSSR count). The third-order valence-electron chi connectivity index (χ3n) is 7.47. The van der Waals surface area contributed by atoms with Gasteiger partial charge in [-0.3, -0.25) is 0 Å². The fraction of sp³-hybridized carbons (Fsp3) is 0.438. The number of aliphatic hydroxyl groups is 3. The van der Waals surface area contributed by atoms with E-state index in [4.69, 9.17) is 0 Å². The minimum absolute atomic E-state index is 0.196. The number of aryl methyl sites for hydroxylation is 2. The lowest BCUT2D eigenvalue weighted by molar-refractivity contribution is -0.376. The van der Waals surface area contributed by atoms with Crippen molar-refractivity contribution in [3.8, 4) is 11.1 Å². The lowest BCUT2D eigenvalue weighted by Crippen LogP contribution is -2.53. The summed E-state index contributed by atoms with van der Waals surface area (Å²) in [5, 5.41) is 29.3. The Balaban J connectivity index is 2.14. The Hall–Kier alpha value is -3.08. The van der Waals surface area contributed by atoms with Gasteiger partial charge in [0, 0.05) is 24.3 Å². The predicted octanol–water partition coefficient (Wildman–Crippen LogP) is 7.58. The zero-order chi connectivity index (χ0) is 31.3. The average molecular weight is 598 g/mol. The fourth-order valence-electron chi connectivity index (χ4n) is 5.23. The van der Waals surface area contributed by atoms with Crippen molar-refractivity contribution in [2.75, 3.05) is 11.4 Å². The quantitative estimate of drug-likeness (QED) is 0.188. The molecular formula is C32H37F6NO3. The second-order valence-electron chi connectivity index (χ2n) is 10.4. The molecule has 0 aliphatic heterocycles. The molecule has 3 aromatic carbocycles. The van der Waals surface area contributed by atoms with Gasteiger partial charge in [-0.2, -0.15) is 26.3 Å². The maximum Gasteiger partial charge on any atom is 0.430 e. The van der Waals surface area contributed by atoms with Gasteiger partial charge in [0.15, 0.2) is 0 Å². The molecule has 3 aromatic rings. The highest BCUT2D eigenvalue weighted by atomic mass is 19.4. The molecule has 230 valence electrons. The molecule has 0 bridgehead atoms. The topological polar surface area (TPSA) is 63.9 Å². The molecule has 10 heteroatoms. The molecule has 0 fully saturated rings. The normalized spacial score (nSPS) is 12.6. The van der Waals surface area contributed by atoms with Crippen LogP contribution in [0.4, 0.5) is 32.0 Å². The second kappa shape index (κ2) is 13.5. The Morgan fingerprint density at radius 1 is 0.667 bits per heavy atom. The van der Waals surface area contributed by atoms with Gasteiger partial charge in [-0.05, 0) is 70.3 Å². The van der Waals surface area contributed by atoms with Crippen LogP contribution in [-0.4, -0.2) is 34.2 Å².